The molecule has 1 atom stereocenters. The van der Waals surface area contributed by atoms with E-state index in [-0.39, 0.29) is 11.8 Å². The molecule has 1 heterocycles. The van der Waals surface area contributed by atoms with E-state index in [0.29, 0.717) is 33.9 Å². The van der Waals surface area contributed by atoms with Gasteiger partial charge in [-0.15, -0.1) is 10.2 Å². The summed E-state index contributed by atoms with van der Waals surface area (Å²) in [7, 11) is 0. The van der Waals surface area contributed by atoms with Gasteiger partial charge in [0, 0.05) is 23.4 Å². The second kappa shape index (κ2) is 11.4. The fraction of sp³-hybridized carbons (Fsp3) is 0.360. The molecule has 3 aromatic rings. The van der Waals surface area contributed by atoms with Gasteiger partial charge < -0.3 is 5.32 Å². The van der Waals surface area contributed by atoms with Crippen LogP contribution in [0.1, 0.15) is 44.1 Å². The highest BCUT2D eigenvalue weighted by molar-refractivity contribution is 7.18. The van der Waals surface area contributed by atoms with E-state index in [1.54, 1.807) is 12.1 Å². The van der Waals surface area contributed by atoms with Crippen LogP contribution >= 0.6 is 22.9 Å². The third kappa shape index (κ3) is 6.85. The van der Waals surface area contributed by atoms with Crippen LogP contribution in [0.4, 0.5) is 5.13 Å². The molecular weight excluding hydrogens is 456 g/mol. The number of carbonyl (C=O) groups is 2. The van der Waals surface area contributed by atoms with Crippen molar-refractivity contribution < 1.29 is 9.59 Å². The van der Waals surface area contributed by atoms with Crippen molar-refractivity contribution in [3.63, 3.8) is 0 Å². The van der Waals surface area contributed by atoms with Gasteiger partial charge in [0.15, 0.2) is 0 Å². The predicted molar refractivity (Wildman–Crippen MR) is 132 cm³/mol. The van der Waals surface area contributed by atoms with E-state index in [0.717, 1.165) is 17.5 Å². The number of carbonyl (C=O) groups excluding carboxylic acids is 2. The van der Waals surface area contributed by atoms with Crippen LogP contribution in [0, 0.1) is 5.92 Å². The molecule has 0 unspecified atom stereocenters. The molecule has 1 aromatic heterocycles. The molecule has 0 radical (unpaired) electrons. The number of rotatable bonds is 9. The zero-order chi connectivity index (χ0) is 23.0. The Morgan fingerprint density at radius 1 is 1.03 bits per heavy atom. The number of aromatic nitrogens is 2. The Morgan fingerprint density at radius 2 is 1.76 bits per heavy atom. The number of hydrogen-bond acceptors (Lipinski definition) is 5. The van der Waals surface area contributed by atoms with E-state index in [1.807, 2.05) is 42.5 Å². The average Bonchev–Trinajstić information content (AvgIpc) is 3.51. The number of nitrogens with one attached hydrogen (secondary N) is 2. The number of amides is 2. The van der Waals surface area contributed by atoms with E-state index in [9.17, 15) is 9.59 Å². The fourth-order valence-electron chi connectivity index (χ4n) is 4.14. The molecule has 2 N–H and O–H groups in total. The zero-order valence-electron chi connectivity index (χ0n) is 18.3. The van der Waals surface area contributed by atoms with Crippen LogP contribution in [0.2, 0.25) is 5.02 Å². The molecule has 0 bridgehead atoms. The lowest BCUT2D eigenvalue weighted by Crippen LogP contribution is -2.45. The highest BCUT2D eigenvalue weighted by Crippen LogP contribution is 2.29. The van der Waals surface area contributed by atoms with E-state index in [2.05, 4.69) is 20.8 Å². The Morgan fingerprint density at radius 3 is 2.48 bits per heavy atom. The summed E-state index contributed by atoms with van der Waals surface area (Å²) in [5.41, 5.74) is 1.85. The summed E-state index contributed by atoms with van der Waals surface area (Å²) in [4.78, 5) is 25.7. The Kier molecular flexibility index (Phi) is 8.07. The van der Waals surface area contributed by atoms with Crippen molar-refractivity contribution in [1.29, 1.82) is 0 Å². The van der Waals surface area contributed by atoms with Crippen molar-refractivity contribution in [3.05, 3.63) is 65.2 Å². The van der Waals surface area contributed by atoms with Crippen LogP contribution in [-0.2, 0) is 16.0 Å². The first-order valence-electron chi connectivity index (χ1n) is 11.3. The monoisotopic (exact) mass is 482 g/mol. The van der Waals surface area contributed by atoms with Crippen LogP contribution < -0.4 is 10.6 Å². The van der Waals surface area contributed by atoms with Gasteiger partial charge in [0.05, 0.1) is 0 Å². The van der Waals surface area contributed by atoms with Gasteiger partial charge in [-0.25, -0.2) is 0 Å². The van der Waals surface area contributed by atoms with Gasteiger partial charge in [-0.1, -0.05) is 91.1 Å². The van der Waals surface area contributed by atoms with Crippen molar-refractivity contribution in [2.75, 3.05) is 5.32 Å². The van der Waals surface area contributed by atoms with E-state index in [4.69, 9.17) is 11.6 Å². The van der Waals surface area contributed by atoms with Crippen LogP contribution in [-0.4, -0.2) is 28.1 Å². The molecule has 8 heteroatoms. The second-order valence-corrected chi connectivity index (χ2v) is 9.82. The minimum atomic E-state index is -0.689. The smallest absolute Gasteiger partial charge is 0.249 e. The molecule has 1 saturated carbocycles. The van der Waals surface area contributed by atoms with Crippen LogP contribution in [0.25, 0.3) is 10.6 Å². The zero-order valence-corrected chi connectivity index (χ0v) is 19.9. The topological polar surface area (TPSA) is 84.0 Å². The molecule has 33 heavy (non-hydrogen) atoms. The van der Waals surface area contributed by atoms with Gasteiger partial charge in [0.25, 0.3) is 0 Å². The summed E-state index contributed by atoms with van der Waals surface area (Å²) in [6.45, 7) is 0. The molecule has 0 saturated heterocycles. The summed E-state index contributed by atoms with van der Waals surface area (Å²) < 4.78 is 0. The molecule has 4 rings (SSSR count). The first-order valence-corrected chi connectivity index (χ1v) is 12.5. The van der Waals surface area contributed by atoms with Crippen LogP contribution in [0.15, 0.2) is 54.6 Å². The number of halogens is 1. The number of benzene rings is 2. The average molecular weight is 483 g/mol. The number of anilines is 1. The molecule has 1 aliphatic carbocycles. The Bertz CT molecular complexity index is 1070. The number of nitrogens with zero attached hydrogens (tertiary/aromatic N) is 2. The van der Waals surface area contributed by atoms with Gasteiger partial charge in [-0.3, -0.25) is 14.9 Å². The van der Waals surface area contributed by atoms with Crippen molar-refractivity contribution in [2.45, 2.75) is 51.0 Å². The summed E-state index contributed by atoms with van der Waals surface area (Å²) in [5, 5.41) is 15.8. The first-order chi connectivity index (χ1) is 16.1. The molecule has 0 spiro atoms. The lowest BCUT2D eigenvalue weighted by atomic mass is 10.0. The Labute approximate surface area is 202 Å². The lowest BCUT2D eigenvalue weighted by molar-refractivity contribution is -0.126. The van der Waals surface area contributed by atoms with E-state index < -0.39 is 6.04 Å². The third-order valence-electron chi connectivity index (χ3n) is 5.94. The van der Waals surface area contributed by atoms with Gasteiger partial charge in [0.1, 0.15) is 11.0 Å². The van der Waals surface area contributed by atoms with Gasteiger partial charge in [-0.05, 0) is 30.0 Å². The Hall–Kier alpha value is -2.77. The maximum Gasteiger partial charge on any atom is 0.249 e. The minimum absolute atomic E-state index is 0.0860. The fourth-order valence-corrected chi connectivity index (χ4v) is 5.01. The molecule has 0 aliphatic heterocycles. The lowest BCUT2D eigenvalue weighted by Gasteiger charge is -2.18. The van der Waals surface area contributed by atoms with Gasteiger partial charge in [-0.2, -0.15) is 0 Å². The van der Waals surface area contributed by atoms with Crippen molar-refractivity contribution in [2.24, 2.45) is 5.92 Å². The van der Waals surface area contributed by atoms with Crippen molar-refractivity contribution >= 4 is 39.9 Å². The van der Waals surface area contributed by atoms with Crippen LogP contribution in [0.5, 0.6) is 0 Å². The summed E-state index contributed by atoms with van der Waals surface area (Å²) in [6.07, 6.45) is 6.65. The molecule has 172 valence electrons. The summed E-state index contributed by atoms with van der Waals surface area (Å²) >= 11 is 7.23. The van der Waals surface area contributed by atoms with E-state index in [1.165, 1.54) is 37.0 Å². The normalized spacial score (nSPS) is 14.7. The Balaban J connectivity index is 1.41. The number of hydrogen-bond donors (Lipinski definition) is 2. The molecule has 6 nitrogen and oxygen atoms in total. The quantitative estimate of drug-likeness (QED) is 0.422. The van der Waals surface area contributed by atoms with Gasteiger partial charge >= 0.3 is 0 Å². The molecular formula is C25H27ClN4O2S. The van der Waals surface area contributed by atoms with Gasteiger partial charge in [0.2, 0.25) is 16.9 Å². The molecule has 2 aromatic carbocycles. The largest absolute Gasteiger partial charge is 0.344 e. The molecule has 1 fully saturated rings. The second-order valence-electron chi connectivity index (χ2n) is 8.41. The summed E-state index contributed by atoms with van der Waals surface area (Å²) in [6, 6.07) is 16.3. The standard InChI is InChI=1S/C25H27ClN4O2S/c26-20-13-11-19(12-14-20)24-29-30-25(33-24)28-23(32)21(16-18-8-2-1-3-9-18)27-22(31)15-10-17-6-4-5-7-17/h1-3,8-9,11-14,17,21H,4-7,10,15-16H2,(H,27,31)(H,28,30,32)/t21-/m0/s1. The van der Waals surface area contributed by atoms with Crippen molar-refractivity contribution in [1.82, 2.24) is 15.5 Å². The maximum absolute atomic E-state index is 13.1. The SMILES string of the molecule is O=C(CCC1CCCC1)N[C@@H](Cc1ccccc1)C(=O)Nc1nnc(-c2ccc(Cl)cc2)s1. The minimum Gasteiger partial charge on any atom is -0.344 e. The highest BCUT2D eigenvalue weighted by Gasteiger charge is 2.24. The maximum atomic E-state index is 13.1. The van der Waals surface area contributed by atoms with E-state index >= 15 is 0 Å². The molecule has 2 amide bonds. The predicted octanol–water partition coefficient (Wildman–Crippen LogP) is 5.49. The van der Waals surface area contributed by atoms with Crippen LogP contribution in [0.3, 0.4) is 0 Å². The first kappa shape index (κ1) is 23.4. The van der Waals surface area contributed by atoms with Crippen molar-refractivity contribution in [3.8, 4) is 10.6 Å². The highest BCUT2D eigenvalue weighted by atomic mass is 35.5. The summed E-state index contributed by atoms with van der Waals surface area (Å²) in [5.74, 6) is 0.244. The third-order valence-corrected chi connectivity index (χ3v) is 7.07. The molecule has 1 aliphatic rings.